The van der Waals surface area contributed by atoms with Crippen LogP contribution in [-0.2, 0) is 19.6 Å². The number of hydrogen-bond donors (Lipinski definition) is 2. The summed E-state index contributed by atoms with van der Waals surface area (Å²) >= 11 is 0. The predicted octanol–water partition coefficient (Wildman–Crippen LogP) is 3.84. The molecule has 3 heterocycles. The van der Waals surface area contributed by atoms with E-state index in [0.717, 1.165) is 41.7 Å². The first-order valence-electron chi connectivity index (χ1n) is 10.2. The third-order valence-corrected chi connectivity index (χ3v) is 5.88. The average Bonchev–Trinajstić information content (AvgIpc) is 3.47. The van der Waals surface area contributed by atoms with E-state index in [2.05, 4.69) is 47.1 Å². The van der Waals surface area contributed by atoms with Crippen LogP contribution in [0, 0.1) is 6.92 Å². The minimum atomic E-state index is 0.523. The first-order chi connectivity index (χ1) is 13.8. The Kier molecular flexibility index (Phi) is 4.56. The monoisotopic (exact) mass is 374 g/mol. The van der Waals surface area contributed by atoms with Crippen molar-refractivity contribution in [1.29, 1.82) is 0 Å². The average molecular weight is 374 g/mol. The summed E-state index contributed by atoms with van der Waals surface area (Å²) < 4.78 is 1.95. The van der Waals surface area contributed by atoms with E-state index in [0.29, 0.717) is 12.5 Å². The highest BCUT2D eigenvalue weighted by Gasteiger charge is 2.25. The van der Waals surface area contributed by atoms with Gasteiger partial charge in [-0.05, 0) is 31.4 Å². The maximum absolute atomic E-state index is 4.93. The molecular weight excluding hydrogens is 348 g/mol. The Hall–Kier alpha value is -2.73. The fraction of sp³-hybridized carbons (Fsp3) is 0.409. The standard InChI is InChI=1S/C22H26N6/c1-15-6-2-5-9-20(15)28-14-16(11-25-28)10-24-22-18-12-23-13-19(18)26-21(27-22)17-7-3-4-8-17/h2,5-6,9,11,14,17,23H,3-4,7-8,10,12-13H2,1H3,(H,24,26,27). The van der Waals surface area contributed by atoms with E-state index in [9.17, 15) is 0 Å². The van der Waals surface area contributed by atoms with Gasteiger partial charge in [-0.1, -0.05) is 31.0 Å². The highest BCUT2D eigenvalue weighted by atomic mass is 15.3. The zero-order chi connectivity index (χ0) is 18.9. The van der Waals surface area contributed by atoms with Crippen LogP contribution in [0.4, 0.5) is 5.82 Å². The zero-order valence-electron chi connectivity index (χ0n) is 16.3. The summed E-state index contributed by atoms with van der Waals surface area (Å²) in [4.78, 5) is 9.81. The minimum absolute atomic E-state index is 0.523. The lowest BCUT2D eigenvalue weighted by molar-refractivity contribution is 0.660. The second-order valence-electron chi connectivity index (χ2n) is 7.87. The summed E-state index contributed by atoms with van der Waals surface area (Å²) in [7, 11) is 0. The molecule has 144 valence electrons. The van der Waals surface area contributed by atoms with Crippen molar-refractivity contribution in [2.45, 2.75) is 58.2 Å². The second-order valence-corrected chi connectivity index (χ2v) is 7.87. The Morgan fingerprint density at radius 1 is 1.14 bits per heavy atom. The van der Waals surface area contributed by atoms with Gasteiger partial charge in [0.2, 0.25) is 0 Å². The molecule has 28 heavy (non-hydrogen) atoms. The number of rotatable bonds is 5. The van der Waals surface area contributed by atoms with Gasteiger partial charge >= 0.3 is 0 Å². The lowest BCUT2D eigenvalue weighted by Gasteiger charge is -2.14. The van der Waals surface area contributed by atoms with Crippen molar-refractivity contribution in [3.63, 3.8) is 0 Å². The molecule has 1 aliphatic heterocycles. The smallest absolute Gasteiger partial charge is 0.134 e. The molecule has 0 saturated heterocycles. The Morgan fingerprint density at radius 2 is 2.00 bits per heavy atom. The van der Waals surface area contributed by atoms with E-state index in [1.165, 1.54) is 36.8 Å². The number of benzene rings is 1. The maximum Gasteiger partial charge on any atom is 0.134 e. The summed E-state index contributed by atoms with van der Waals surface area (Å²) in [6.07, 6.45) is 9.04. The lowest BCUT2D eigenvalue weighted by Crippen LogP contribution is -2.10. The third-order valence-electron chi connectivity index (χ3n) is 5.88. The number of para-hydroxylation sites is 1. The fourth-order valence-corrected chi connectivity index (χ4v) is 4.29. The number of hydrogen-bond acceptors (Lipinski definition) is 5. The SMILES string of the molecule is Cc1ccccc1-n1cc(CNc2nc(C3CCCC3)nc3c2CNC3)cn1. The minimum Gasteiger partial charge on any atom is -0.365 e. The largest absolute Gasteiger partial charge is 0.365 e. The molecule has 0 radical (unpaired) electrons. The van der Waals surface area contributed by atoms with Gasteiger partial charge in [-0.2, -0.15) is 5.10 Å². The van der Waals surface area contributed by atoms with Gasteiger partial charge in [0, 0.05) is 42.9 Å². The Bertz CT molecular complexity index is 986. The van der Waals surface area contributed by atoms with Gasteiger partial charge in [0.1, 0.15) is 11.6 Å². The van der Waals surface area contributed by atoms with Crippen LogP contribution in [-0.4, -0.2) is 19.7 Å². The van der Waals surface area contributed by atoms with Gasteiger partial charge in [0.25, 0.3) is 0 Å². The summed E-state index contributed by atoms with van der Waals surface area (Å²) in [6, 6.07) is 8.30. The van der Waals surface area contributed by atoms with E-state index in [-0.39, 0.29) is 0 Å². The Morgan fingerprint density at radius 3 is 2.86 bits per heavy atom. The van der Waals surface area contributed by atoms with Gasteiger partial charge in [0.05, 0.1) is 17.6 Å². The number of anilines is 1. The van der Waals surface area contributed by atoms with E-state index in [1.54, 1.807) is 0 Å². The molecule has 2 N–H and O–H groups in total. The van der Waals surface area contributed by atoms with Crippen LogP contribution in [0.25, 0.3) is 5.69 Å². The van der Waals surface area contributed by atoms with Crippen LogP contribution in [0.5, 0.6) is 0 Å². The van der Waals surface area contributed by atoms with Crippen molar-refractivity contribution in [2.75, 3.05) is 5.32 Å². The van der Waals surface area contributed by atoms with Gasteiger partial charge in [-0.15, -0.1) is 0 Å². The lowest BCUT2D eigenvalue weighted by atomic mass is 10.1. The Labute approximate surface area is 165 Å². The van der Waals surface area contributed by atoms with Crippen LogP contribution in [0.3, 0.4) is 0 Å². The van der Waals surface area contributed by atoms with Crippen molar-refractivity contribution < 1.29 is 0 Å². The van der Waals surface area contributed by atoms with E-state index in [1.807, 2.05) is 16.9 Å². The van der Waals surface area contributed by atoms with Crippen LogP contribution in [0.1, 0.15) is 59.8 Å². The van der Waals surface area contributed by atoms with Crippen molar-refractivity contribution in [3.8, 4) is 5.69 Å². The molecule has 0 unspecified atom stereocenters. The summed E-state index contributed by atoms with van der Waals surface area (Å²) in [5.74, 6) is 2.54. The topological polar surface area (TPSA) is 67.7 Å². The molecule has 6 nitrogen and oxygen atoms in total. The highest BCUT2D eigenvalue weighted by molar-refractivity contribution is 5.49. The molecule has 0 amide bonds. The normalized spacial score (nSPS) is 16.5. The summed E-state index contributed by atoms with van der Waals surface area (Å²) in [5.41, 5.74) is 5.85. The number of nitrogens with zero attached hydrogens (tertiary/aromatic N) is 4. The zero-order valence-corrected chi connectivity index (χ0v) is 16.3. The van der Waals surface area contributed by atoms with Gasteiger partial charge < -0.3 is 10.6 Å². The quantitative estimate of drug-likeness (QED) is 0.710. The predicted molar refractivity (Wildman–Crippen MR) is 109 cm³/mol. The Balaban J connectivity index is 1.36. The van der Waals surface area contributed by atoms with E-state index < -0.39 is 0 Å². The molecule has 1 fully saturated rings. The highest BCUT2D eigenvalue weighted by Crippen LogP contribution is 2.34. The number of aryl methyl sites for hydroxylation is 1. The first-order valence-corrected chi connectivity index (χ1v) is 10.2. The summed E-state index contributed by atoms with van der Waals surface area (Å²) in [6.45, 7) is 4.50. The third kappa shape index (κ3) is 3.29. The molecule has 0 bridgehead atoms. The molecule has 2 aliphatic rings. The van der Waals surface area contributed by atoms with Gasteiger partial charge in [-0.3, -0.25) is 0 Å². The maximum atomic E-state index is 4.93. The van der Waals surface area contributed by atoms with Crippen LogP contribution < -0.4 is 10.6 Å². The molecule has 1 aromatic carbocycles. The molecule has 0 spiro atoms. The van der Waals surface area contributed by atoms with Gasteiger partial charge in [-0.25, -0.2) is 14.6 Å². The van der Waals surface area contributed by atoms with Crippen molar-refractivity contribution in [3.05, 3.63) is 64.9 Å². The van der Waals surface area contributed by atoms with Crippen molar-refractivity contribution in [1.82, 2.24) is 25.1 Å². The van der Waals surface area contributed by atoms with Crippen molar-refractivity contribution in [2.24, 2.45) is 0 Å². The van der Waals surface area contributed by atoms with E-state index in [4.69, 9.17) is 9.97 Å². The second kappa shape index (κ2) is 7.36. The molecule has 0 atom stereocenters. The fourth-order valence-electron chi connectivity index (χ4n) is 4.29. The molecule has 6 heteroatoms. The molecule has 1 aliphatic carbocycles. The van der Waals surface area contributed by atoms with E-state index >= 15 is 0 Å². The molecule has 2 aromatic heterocycles. The van der Waals surface area contributed by atoms with Crippen molar-refractivity contribution >= 4 is 5.82 Å². The summed E-state index contributed by atoms with van der Waals surface area (Å²) in [5, 5.41) is 11.5. The molecular formula is C22H26N6. The van der Waals surface area contributed by atoms with Crippen LogP contribution in [0.2, 0.25) is 0 Å². The molecule has 3 aromatic rings. The number of fused-ring (bicyclic) bond motifs is 1. The molecule has 1 saturated carbocycles. The first kappa shape index (κ1) is 17.4. The number of nitrogens with one attached hydrogen (secondary N) is 2. The van der Waals surface area contributed by atoms with Crippen LogP contribution >= 0.6 is 0 Å². The van der Waals surface area contributed by atoms with Crippen LogP contribution in [0.15, 0.2) is 36.7 Å². The number of aromatic nitrogens is 4. The van der Waals surface area contributed by atoms with Gasteiger partial charge in [0.15, 0.2) is 0 Å². The molecule has 5 rings (SSSR count).